The van der Waals surface area contributed by atoms with Crippen molar-refractivity contribution in [3.8, 4) is 5.75 Å². The maximum Gasteiger partial charge on any atom is 0.152 e. The molecule has 2 aliphatic rings. The van der Waals surface area contributed by atoms with Crippen LogP contribution in [0.4, 0.5) is 5.69 Å². The highest BCUT2D eigenvalue weighted by Crippen LogP contribution is 2.33. The highest BCUT2D eigenvalue weighted by Gasteiger charge is 2.44. The third-order valence-electron chi connectivity index (χ3n) is 6.07. The third-order valence-corrected chi connectivity index (χ3v) is 7.96. The van der Waals surface area contributed by atoms with Crippen LogP contribution in [0.15, 0.2) is 24.3 Å². The molecule has 2 heterocycles. The number of benzene rings is 1. The lowest BCUT2D eigenvalue weighted by Crippen LogP contribution is -2.55. The first-order valence-electron chi connectivity index (χ1n) is 9.18. The van der Waals surface area contributed by atoms with Crippen LogP contribution in [0.3, 0.4) is 0 Å². The lowest BCUT2D eigenvalue weighted by atomic mass is 9.88. The van der Waals surface area contributed by atoms with Crippen LogP contribution in [0.1, 0.15) is 26.2 Å². The molecule has 2 aliphatic heterocycles. The molecule has 0 amide bonds. The van der Waals surface area contributed by atoms with Crippen molar-refractivity contribution in [3.63, 3.8) is 0 Å². The number of likely N-dealkylation sites (N-methyl/N-ethyl adjacent to an activating group) is 1. The van der Waals surface area contributed by atoms with Gasteiger partial charge in [0.15, 0.2) is 9.84 Å². The zero-order chi connectivity index (χ0) is 19.0. The number of anilines is 1. The molecular weight excluding hydrogens is 352 g/mol. The van der Waals surface area contributed by atoms with E-state index in [2.05, 4.69) is 9.80 Å². The summed E-state index contributed by atoms with van der Waals surface area (Å²) in [6.07, 6.45) is 1.98. The van der Waals surface area contributed by atoms with E-state index in [0.29, 0.717) is 25.8 Å². The minimum Gasteiger partial charge on any atom is -0.497 e. The minimum absolute atomic E-state index is 0.185. The minimum atomic E-state index is -2.95. The lowest BCUT2D eigenvalue weighted by molar-refractivity contribution is -0.0312. The Morgan fingerprint density at radius 1 is 1.19 bits per heavy atom. The Balaban J connectivity index is 1.59. The smallest absolute Gasteiger partial charge is 0.152 e. The first kappa shape index (κ1) is 19.5. The average Bonchev–Trinajstić information content (AvgIpc) is 2.90. The fourth-order valence-corrected chi connectivity index (χ4v) is 6.27. The Kier molecular flexibility index (Phi) is 5.25. The van der Waals surface area contributed by atoms with E-state index < -0.39 is 15.4 Å². The number of hydrogen-bond acceptors (Lipinski definition) is 6. The van der Waals surface area contributed by atoms with Gasteiger partial charge in [-0.05, 0) is 57.5 Å². The van der Waals surface area contributed by atoms with Gasteiger partial charge < -0.3 is 14.7 Å². The van der Waals surface area contributed by atoms with Crippen LogP contribution in [0, 0.1) is 0 Å². The van der Waals surface area contributed by atoms with Gasteiger partial charge in [-0.1, -0.05) is 0 Å². The second-order valence-electron chi connectivity index (χ2n) is 8.10. The van der Waals surface area contributed by atoms with Crippen LogP contribution in [0.5, 0.6) is 5.75 Å². The number of β-amino-alcohol motifs (C(OH)–C–C–N with tert-alkyl or cyclic N) is 1. The van der Waals surface area contributed by atoms with Crippen molar-refractivity contribution < 1.29 is 18.3 Å². The predicted molar refractivity (Wildman–Crippen MR) is 104 cm³/mol. The summed E-state index contributed by atoms with van der Waals surface area (Å²) in [5, 5.41) is 11.1. The SMILES string of the molecule is COc1ccc(N2CCC(O)(CN(C)[C@@]3(C)CCS(=O)(=O)C3)CC2)cc1. The second-order valence-corrected chi connectivity index (χ2v) is 10.3. The summed E-state index contributed by atoms with van der Waals surface area (Å²) in [4.78, 5) is 4.33. The molecule has 0 spiro atoms. The normalized spacial score (nSPS) is 27.7. The fraction of sp³-hybridized carbons (Fsp3) is 0.684. The summed E-state index contributed by atoms with van der Waals surface area (Å²) in [6, 6.07) is 7.98. The van der Waals surface area contributed by atoms with Gasteiger partial charge in [-0.25, -0.2) is 8.42 Å². The first-order chi connectivity index (χ1) is 12.1. The summed E-state index contributed by atoms with van der Waals surface area (Å²) in [5.41, 5.74) is -0.00978. The van der Waals surface area contributed by atoms with E-state index in [0.717, 1.165) is 24.5 Å². The zero-order valence-corrected chi connectivity index (χ0v) is 16.8. The topological polar surface area (TPSA) is 70.1 Å². The molecule has 0 saturated carbocycles. The predicted octanol–water partition coefficient (Wildman–Crippen LogP) is 1.54. The Hall–Kier alpha value is -1.31. The molecule has 1 atom stereocenters. The molecule has 146 valence electrons. The van der Waals surface area contributed by atoms with Crippen molar-refractivity contribution in [2.24, 2.45) is 0 Å². The van der Waals surface area contributed by atoms with E-state index in [9.17, 15) is 13.5 Å². The maximum atomic E-state index is 11.9. The van der Waals surface area contributed by atoms with Gasteiger partial charge in [-0.3, -0.25) is 4.90 Å². The standard InChI is InChI=1S/C19H30N2O4S/c1-18(10-13-26(23,24)15-18)20(2)14-19(22)8-11-21(12-9-19)16-4-6-17(25-3)7-5-16/h4-7,22H,8-15H2,1-3H3/t18-/m0/s1. The van der Waals surface area contributed by atoms with Gasteiger partial charge in [0, 0.05) is 30.9 Å². The molecule has 6 nitrogen and oxygen atoms in total. The Morgan fingerprint density at radius 3 is 2.31 bits per heavy atom. The molecule has 26 heavy (non-hydrogen) atoms. The van der Waals surface area contributed by atoms with Gasteiger partial charge in [-0.15, -0.1) is 0 Å². The lowest BCUT2D eigenvalue weighted by Gasteiger charge is -2.44. The molecule has 0 aliphatic carbocycles. The van der Waals surface area contributed by atoms with Crippen molar-refractivity contribution in [2.45, 2.75) is 37.3 Å². The van der Waals surface area contributed by atoms with Crippen LogP contribution in [0.25, 0.3) is 0 Å². The molecule has 3 rings (SSSR count). The molecular formula is C19H30N2O4S. The molecule has 7 heteroatoms. The van der Waals surface area contributed by atoms with E-state index in [4.69, 9.17) is 4.74 Å². The van der Waals surface area contributed by atoms with Gasteiger partial charge in [0.05, 0.1) is 24.2 Å². The summed E-state index contributed by atoms with van der Waals surface area (Å²) >= 11 is 0. The summed E-state index contributed by atoms with van der Waals surface area (Å²) in [7, 11) is 0.643. The van der Waals surface area contributed by atoms with Crippen LogP contribution in [0.2, 0.25) is 0 Å². The zero-order valence-electron chi connectivity index (χ0n) is 15.9. The first-order valence-corrected chi connectivity index (χ1v) is 11.0. The molecule has 1 N–H and O–H groups in total. The monoisotopic (exact) mass is 382 g/mol. The Bertz CT molecular complexity index is 726. The van der Waals surface area contributed by atoms with Crippen molar-refractivity contribution in [1.29, 1.82) is 0 Å². The Morgan fingerprint density at radius 2 is 1.81 bits per heavy atom. The highest BCUT2D eigenvalue weighted by molar-refractivity contribution is 7.91. The van der Waals surface area contributed by atoms with Crippen molar-refractivity contribution in [2.75, 3.05) is 50.2 Å². The van der Waals surface area contributed by atoms with Crippen molar-refractivity contribution in [3.05, 3.63) is 24.3 Å². The maximum absolute atomic E-state index is 11.9. The number of aliphatic hydroxyl groups is 1. The fourth-order valence-electron chi connectivity index (χ4n) is 4.06. The van der Waals surface area contributed by atoms with Crippen LogP contribution in [-0.4, -0.2) is 74.9 Å². The molecule has 0 bridgehead atoms. The number of sulfone groups is 1. The van der Waals surface area contributed by atoms with Crippen LogP contribution < -0.4 is 9.64 Å². The third kappa shape index (κ3) is 4.15. The van der Waals surface area contributed by atoms with Gasteiger partial charge in [-0.2, -0.15) is 0 Å². The number of rotatable bonds is 5. The van der Waals surface area contributed by atoms with E-state index in [1.807, 2.05) is 38.2 Å². The number of methoxy groups -OCH3 is 1. The van der Waals surface area contributed by atoms with Crippen molar-refractivity contribution in [1.82, 2.24) is 4.90 Å². The van der Waals surface area contributed by atoms with Gasteiger partial charge in [0.1, 0.15) is 5.75 Å². The quantitative estimate of drug-likeness (QED) is 0.833. The van der Waals surface area contributed by atoms with Crippen molar-refractivity contribution >= 4 is 15.5 Å². The average molecular weight is 383 g/mol. The van der Waals surface area contributed by atoms with Gasteiger partial charge in [0.25, 0.3) is 0 Å². The van der Waals surface area contributed by atoms with Gasteiger partial charge in [0.2, 0.25) is 0 Å². The summed E-state index contributed by atoms with van der Waals surface area (Å²) < 4.78 is 28.9. The number of ether oxygens (including phenoxy) is 1. The molecule has 2 saturated heterocycles. The summed E-state index contributed by atoms with van der Waals surface area (Å²) in [5.74, 6) is 1.27. The van der Waals surface area contributed by atoms with E-state index in [1.165, 1.54) is 0 Å². The van der Waals surface area contributed by atoms with Gasteiger partial charge >= 0.3 is 0 Å². The number of piperidine rings is 1. The molecule has 0 unspecified atom stereocenters. The Labute approximate surface area is 156 Å². The van der Waals surface area contributed by atoms with E-state index in [-0.39, 0.29) is 17.0 Å². The second kappa shape index (κ2) is 7.02. The molecule has 0 radical (unpaired) electrons. The van der Waals surface area contributed by atoms with Crippen LogP contribution in [-0.2, 0) is 9.84 Å². The summed E-state index contributed by atoms with van der Waals surface area (Å²) in [6.45, 7) is 4.07. The molecule has 1 aromatic rings. The largest absolute Gasteiger partial charge is 0.497 e. The van der Waals surface area contributed by atoms with E-state index >= 15 is 0 Å². The molecule has 0 aromatic heterocycles. The highest BCUT2D eigenvalue weighted by atomic mass is 32.2. The number of nitrogens with zero attached hydrogens (tertiary/aromatic N) is 2. The van der Waals surface area contributed by atoms with E-state index in [1.54, 1.807) is 7.11 Å². The molecule has 2 fully saturated rings. The van der Waals surface area contributed by atoms with Crippen LogP contribution >= 0.6 is 0 Å². The number of hydrogen-bond donors (Lipinski definition) is 1. The molecule has 1 aromatic carbocycles.